The molecule has 2 aromatic heterocycles. The second-order valence-electron chi connectivity index (χ2n) is 8.54. The number of piperidine rings is 1. The molecule has 1 N–H and O–H groups in total. The Morgan fingerprint density at radius 2 is 1.97 bits per heavy atom. The summed E-state index contributed by atoms with van der Waals surface area (Å²) in [6.07, 6.45) is 4.95. The van der Waals surface area contributed by atoms with Crippen molar-refractivity contribution in [3.63, 3.8) is 0 Å². The van der Waals surface area contributed by atoms with Crippen LogP contribution in [0.25, 0.3) is 11.4 Å². The van der Waals surface area contributed by atoms with Crippen molar-refractivity contribution in [2.45, 2.75) is 43.5 Å². The van der Waals surface area contributed by atoms with Crippen LogP contribution in [-0.4, -0.2) is 51.4 Å². The molecular weight excluding hydrogens is 438 g/mol. The van der Waals surface area contributed by atoms with E-state index in [4.69, 9.17) is 10.2 Å². The fourth-order valence-corrected chi connectivity index (χ4v) is 6.08. The van der Waals surface area contributed by atoms with E-state index in [-0.39, 0.29) is 10.9 Å². The van der Waals surface area contributed by atoms with Crippen molar-refractivity contribution < 1.29 is 8.42 Å². The summed E-state index contributed by atoms with van der Waals surface area (Å²) in [5.41, 5.74) is 4.51. The summed E-state index contributed by atoms with van der Waals surface area (Å²) in [6.45, 7) is 2.79. The van der Waals surface area contributed by atoms with Crippen LogP contribution in [0.3, 0.4) is 0 Å². The summed E-state index contributed by atoms with van der Waals surface area (Å²) in [7, 11) is -1.62. The normalized spacial score (nSPS) is 16.6. The number of nitriles is 1. The maximum atomic E-state index is 13.0. The van der Waals surface area contributed by atoms with Crippen molar-refractivity contribution in [3.8, 4) is 17.5 Å². The Kier molecular flexibility index (Phi) is 5.38. The summed E-state index contributed by atoms with van der Waals surface area (Å²) >= 11 is 0. The molecule has 5 rings (SSSR count). The minimum atomic E-state index is -3.63. The highest BCUT2D eigenvalue weighted by atomic mass is 32.2. The molecule has 0 radical (unpaired) electrons. The third-order valence-corrected chi connectivity index (χ3v) is 8.39. The first-order valence-corrected chi connectivity index (χ1v) is 12.5. The molecule has 0 saturated carbocycles. The molecule has 3 heterocycles. The van der Waals surface area contributed by atoms with E-state index in [2.05, 4.69) is 19.9 Å². The lowest BCUT2D eigenvalue weighted by atomic mass is 9.98. The van der Waals surface area contributed by atoms with Gasteiger partial charge in [-0.3, -0.25) is 0 Å². The summed E-state index contributed by atoms with van der Waals surface area (Å²) < 4.78 is 29.6. The fraction of sp³-hybridized carbons (Fsp3) is 0.391. The van der Waals surface area contributed by atoms with Crippen molar-refractivity contribution in [2.75, 3.05) is 18.4 Å². The van der Waals surface area contributed by atoms with Crippen LogP contribution in [0.15, 0.2) is 35.4 Å². The predicted octanol–water partition coefficient (Wildman–Crippen LogP) is 2.42. The summed E-state index contributed by atoms with van der Waals surface area (Å²) in [4.78, 5) is 14.2. The van der Waals surface area contributed by atoms with Gasteiger partial charge in [-0.2, -0.15) is 9.57 Å². The van der Waals surface area contributed by atoms with E-state index in [1.165, 1.54) is 16.4 Å². The Balaban J connectivity index is 1.29. The Bertz CT molecular complexity index is 1370. The standard InChI is InChI=1S/C23H25N7O2S/c1-15-26-20-7-6-17-14-25-23(28-21(17)22(20)29(15)2)27-18-8-10-30(11-9-18)33(31,32)19-5-3-4-16(12-19)13-24/h3-5,12,14,18H,6-11H2,1-2H3,(H,25,27,28). The molecule has 1 saturated heterocycles. The smallest absolute Gasteiger partial charge is 0.243 e. The maximum absolute atomic E-state index is 13.0. The molecule has 0 atom stereocenters. The second kappa shape index (κ2) is 8.24. The van der Waals surface area contributed by atoms with Gasteiger partial charge in [0.25, 0.3) is 0 Å². The Hall–Kier alpha value is -3.29. The molecule has 0 bridgehead atoms. The third-order valence-electron chi connectivity index (χ3n) is 6.50. The molecular formula is C23H25N7O2S. The van der Waals surface area contributed by atoms with E-state index in [0.717, 1.165) is 41.3 Å². The Morgan fingerprint density at radius 1 is 1.18 bits per heavy atom. The van der Waals surface area contributed by atoms with Crippen LogP contribution in [0, 0.1) is 18.3 Å². The van der Waals surface area contributed by atoms with Gasteiger partial charge in [-0.25, -0.2) is 23.4 Å². The molecule has 1 aliphatic heterocycles. The van der Waals surface area contributed by atoms with Gasteiger partial charge in [-0.05, 0) is 56.4 Å². The zero-order chi connectivity index (χ0) is 23.2. The van der Waals surface area contributed by atoms with Crippen molar-refractivity contribution in [2.24, 2.45) is 7.05 Å². The number of hydrogen-bond acceptors (Lipinski definition) is 7. The third kappa shape index (κ3) is 3.87. The minimum Gasteiger partial charge on any atom is -0.351 e. The van der Waals surface area contributed by atoms with E-state index in [1.807, 2.05) is 26.2 Å². The van der Waals surface area contributed by atoms with Gasteiger partial charge in [0.05, 0.1) is 33.6 Å². The van der Waals surface area contributed by atoms with Crippen LogP contribution in [0.2, 0.25) is 0 Å². The number of benzene rings is 1. The number of hydrogen-bond donors (Lipinski definition) is 1. The quantitative estimate of drug-likeness (QED) is 0.631. The molecule has 33 heavy (non-hydrogen) atoms. The Labute approximate surface area is 193 Å². The van der Waals surface area contributed by atoms with Crippen LogP contribution in [0.1, 0.15) is 35.5 Å². The Morgan fingerprint density at radius 3 is 2.73 bits per heavy atom. The molecule has 3 aromatic rings. The number of anilines is 1. The number of aryl methyl sites for hydroxylation is 3. The van der Waals surface area contributed by atoms with Crippen LogP contribution < -0.4 is 5.32 Å². The summed E-state index contributed by atoms with van der Waals surface area (Å²) in [5.74, 6) is 1.53. The fourth-order valence-electron chi connectivity index (χ4n) is 4.56. The number of imidazole rings is 1. The second-order valence-corrected chi connectivity index (χ2v) is 10.5. The summed E-state index contributed by atoms with van der Waals surface area (Å²) in [6, 6.07) is 8.24. The van der Waals surface area contributed by atoms with E-state index >= 15 is 0 Å². The van der Waals surface area contributed by atoms with E-state index in [9.17, 15) is 8.42 Å². The monoisotopic (exact) mass is 463 g/mol. The number of fused-ring (bicyclic) bond motifs is 3. The SMILES string of the molecule is Cc1nc2c(n1C)-c1nc(NC3CCN(S(=O)(=O)c4cccc(C#N)c4)CC3)ncc1CC2. The summed E-state index contributed by atoms with van der Waals surface area (Å²) in [5, 5.41) is 12.5. The highest BCUT2D eigenvalue weighted by Gasteiger charge is 2.30. The van der Waals surface area contributed by atoms with Gasteiger partial charge in [0, 0.05) is 32.4 Å². The van der Waals surface area contributed by atoms with E-state index < -0.39 is 10.0 Å². The molecule has 170 valence electrons. The lowest BCUT2D eigenvalue weighted by molar-refractivity contribution is 0.329. The highest BCUT2D eigenvalue weighted by molar-refractivity contribution is 7.89. The van der Waals surface area contributed by atoms with Crippen molar-refractivity contribution in [1.29, 1.82) is 5.26 Å². The van der Waals surface area contributed by atoms with Gasteiger partial charge in [0.1, 0.15) is 5.82 Å². The number of sulfonamides is 1. The molecule has 10 heteroatoms. The molecule has 0 unspecified atom stereocenters. The van der Waals surface area contributed by atoms with Crippen LogP contribution in [0.4, 0.5) is 5.95 Å². The van der Waals surface area contributed by atoms with Crippen molar-refractivity contribution >= 4 is 16.0 Å². The number of rotatable bonds is 4. The van der Waals surface area contributed by atoms with Crippen LogP contribution in [0.5, 0.6) is 0 Å². The van der Waals surface area contributed by atoms with Crippen LogP contribution >= 0.6 is 0 Å². The highest BCUT2D eigenvalue weighted by Crippen LogP contribution is 2.32. The topological polar surface area (TPSA) is 117 Å². The average Bonchev–Trinajstić information content (AvgIpc) is 3.13. The number of aromatic nitrogens is 4. The van der Waals surface area contributed by atoms with Gasteiger partial charge >= 0.3 is 0 Å². The lowest BCUT2D eigenvalue weighted by Crippen LogP contribution is -2.42. The molecule has 1 aliphatic carbocycles. The molecule has 1 aromatic carbocycles. The van der Waals surface area contributed by atoms with Gasteiger partial charge in [-0.1, -0.05) is 6.07 Å². The average molecular weight is 464 g/mol. The predicted molar refractivity (Wildman–Crippen MR) is 123 cm³/mol. The van der Waals surface area contributed by atoms with E-state index in [1.54, 1.807) is 12.1 Å². The molecule has 0 amide bonds. The maximum Gasteiger partial charge on any atom is 0.243 e. The van der Waals surface area contributed by atoms with Gasteiger partial charge < -0.3 is 9.88 Å². The first kappa shape index (κ1) is 21.6. The molecule has 2 aliphatic rings. The van der Waals surface area contributed by atoms with Gasteiger partial charge in [0.15, 0.2) is 0 Å². The number of nitrogens with zero attached hydrogens (tertiary/aromatic N) is 6. The molecule has 0 spiro atoms. The van der Waals surface area contributed by atoms with Crippen LogP contribution in [-0.2, 0) is 29.9 Å². The van der Waals surface area contributed by atoms with Crippen molar-refractivity contribution in [1.82, 2.24) is 23.8 Å². The van der Waals surface area contributed by atoms with Gasteiger partial charge in [0.2, 0.25) is 16.0 Å². The lowest BCUT2D eigenvalue weighted by Gasteiger charge is -2.31. The number of nitrogens with one attached hydrogen (secondary N) is 1. The first-order chi connectivity index (χ1) is 15.9. The molecule has 9 nitrogen and oxygen atoms in total. The first-order valence-electron chi connectivity index (χ1n) is 11.0. The zero-order valence-electron chi connectivity index (χ0n) is 18.6. The zero-order valence-corrected chi connectivity index (χ0v) is 19.4. The largest absolute Gasteiger partial charge is 0.351 e. The molecule has 1 fully saturated rings. The minimum absolute atomic E-state index is 0.0799. The van der Waals surface area contributed by atoms with Crippen molar-refractivity contribution in [3.05, 3.63) is 53.1 Å². The van der Waals surface area contributed by atoms with Gasteiger partial charge in [-0.15, -0.1) is 0 Å². The van der Waals surface area contributed by atoms with E-state index in [0.29, 0.717) is 37.4 Å².